The summed E-state index contributed by atoms with van der Waals surface area (Å²) in [4.78, 5) is 12.4. The highest BCUT2D eigenvalue weighted by molar-refractivity contribution is 5.94. The number of methoxy groups -OCH3 is 1. The molecule has 2 rings (SSSR count). The van der Waals surface area contributed by atoms with Crippen LogP contribution in [0.4, 0.5) is 5.69 Å². The van der Waals surface area contributed by atoms with E-state index in [1.54, 1.807) is 38.3 Å². The van der Waals surface area contributed by atoms with Crippen molar-refractivity contribution in [2.45, 2.75) is 39.7 Å². The smallest absolute Gasteiger partial charge is 0.265 e. The number of hydrogen-bond donors (Lipinski definition) is 1. The second-order valence-corrected chi connectivity index (χ2v) is 6.10. The van der Waals surface area contributed by atoms with Crippen molar-refractivity contribution in [3.8, 4) is 17.2 Å². The van der Waals surface area contributed by atoms with Gasteiger partial charge in [-0.1, -0.05) is 13.3 Å². The Hall–Kier alpha value is -2.69. The summed E-state index contributed by atoms with van der Waals surface area (Å²) in [6, 6.07) is 12.8. The first-order chi connectivity index (χ1) is 12.5. The van der Waals surface area contributed by atoms with Crippen LogP contribution in [0.15, 0.2) is 42.5 Å². The van der Waals surface area contributed by atoms with Gasteiger partial charge in [-0.2, -0.15) is 0 Å². The Morgan fingerprint density at radius 3 is 2.35 bits per heavy atom. The topological polar surface area (TPSA) is 56.8 Å². The third-order valence-corrected chi connectivity index (χ3v) is 3.96. The monoisotopic (exact) mass is 357 g/mol. The van der Waals surface area contributed by atoms with Crippen LogP contribution in [0, 0.1) is 6.92 Å². The van der Waals surface area contributed by atoms with Crippen LogP contribution in [0.1, 0.15) is 32.3 Å². The Bertz CT molecular complexity index is 712. The number of unbranched alkanes of at least 4 members (excludes halogenated alkanes) is 1. The largest absolute Gasteiger partial charge is 0.497 e. The Kier molecular flexibility index (Phi) is 7.33. The molecule has 0 saturated carbocycles. The number of hydrogen-bond acceptors (Lipinski definition) is 4. The van der Waals surface area contributed by atoms with Crippen LogP contribution in [0.3, 0.4) is 0 Å². The lowest BCUT2D eigenvalue weighted by Crippen LogP contribution is -2.30. The van der Waals surface area contributed by atoms with E-state index in [4.69, 9.17) is 14.2 Å². The molecule has 0 aliphatic carbocycles. The lowest BCUT2D eigenvalue weighted by atomic mass is 10.2. The van der Waals surface area contributed by atoms with Crippen molar-refractivity contribution in [2.75, 3.05) is 19.0 Å². The van der Waals surface area contributed by atoms with Gasteiger partial charge in [0.25, 0.3) is 5.91 Å². The molecule has 0 aliphatic heterocycles. The molecule has 0 aliphatic rings. The normalized spacial score (nSPS) is 11.5. The zero-order valence-corrected chi connectivity index (χ0v) is 15.9. The van der Waals surface area contributed by atoms with Crippen molar-refractivity contribution in [3.05, 3.63) is 48.0 Å². The third kappa shape index (κ3) is 5.69. The van der Waals surface area contributed by atoms with Crippen molar-refractivity contribution in [1.29, 1.82) is 0 Å². The quantitative estimate of drug-likeness (QED) is 0.667. The molecule has 1 amide bonds. The predicted molar refractivity (Wildman–Crippen MR) is 103 cm³/mol. The van der Waals surface area contributed by atoms with E-state index in [1.807, 2.05) is 25.1 Å². The van der Waals surface area contributed by atoms with Gasteiger partial charge in [0, 0.05) is 5.69 Å². The summed E-state index contributed by atoms with van der Waals surface area (Å²) < 4.78 is 16.5. The van der Waals surface area contributed by atoms with Crippen molar-refractivity contribution < 1.29 is 19.0 Å². The van der Waals surface area contributed by atoms with Gasteiger partial charge in [0.2, 0.25) is 0 Å². The molecule has 0 fully saturated rings. The number of anilines is 1. The van der Waals surface area contributed by atoms with Crippen molar-refractivity contribution in [2.24, 2.45) is 0 Å². The second kappa shape index (κ2) is 9.70. The molecule has 1 N–H and O–H groups in total. The van der Waals surface area contributed by atoms with Crippen LogP contribution in [-0.2, 0) is 4.79 Å². The number of carbonyl (C=O) groups excluding carboxylic acids is 1. The average molecular weight is 357 g/mol. The van der Waals surface area contributed by atoms with Crippen molar-refractivity contribution in [3.63, 3.8) is 0 Å². The van der Waals surface area contributed by atoms with Crippen LogP contribution in [0.5, 0.6) is 17.2 Å². The maximum absolute atomic E-state index is 12.4. The first-order valence-corrected chi connectivity index (χ1v) is 8.88. The van der Waals surface area contributed by atoms with E-state index < -0.39 is 6.10 Å². The van der Waals surface area contributed by atoms with Gasteiger partial charge in [-0.15, -0.1) is 0 Å². The van der Waals surface area contributed by atoms with E-state index in [9.17, 15) is 4.79 Å². The van der Waals surface area contributed by atoms with Crippen LogP contribution in [-0.4, -0.2) is 25.7 Å². The number of aryl methyl sites for hydroxylation is 1. The number of nitrogens with one attached hydrogen (secondary N) is 1. The highest BCUT2D eigenvalue weighted by Crippen LogP contribution is 2.23. The fourth-order valence-electron chi connectivity index (χ4n) is 2.35. The van der Waals surface area contributed by atoms with E-state index in [0.717, 1.165) is 35.6 Å². The van der Waals surface area contributed by atoms with Gasteiger partial charge in [0.1, 0.15) is 17.2 Å². The number of amides is 1. The number of rotatable bonds is 9. The van der Waals surface area contributed by atoms with Gasteiger partial charge in [0.05, 0.1) is 13.7 Å². The van der Waals surface area contributed by atoms with Gasteiger partial charge in [0.15, 0.2) is 6.10 Å². The van der Waals surface area contributed by atoms with Crippen molar-refractivity contribution in [1.82, 2.24) is 0 Å². The minimum absolute atomic E-state index is 0.205. The fourth-order valence-corrected chi connectivity index (χ4v) is 2.35. The molecule has 1 atom stereocenters. The standard InChI is InChI=1S/C21H27NO4/c1-5-6-13-25-19-11-12-20(15(2)14-19)22-21(23)16(3)26-18-9-7-17(24-4)8-10-18/h7-12,14,16H,5-6,13H2,1-4H3,(H,22,23). The van der Waals surface area contributed by atoms with Gasteiger partial charge >= 0.3 is 0 Å². The molecule has 0 heterocycles. The fraction of sp³-hybridized carbons (Fsp3) is 0.381. The molecule has 5 heteroatoms. The minimum Gasteiger partial charge on any atom is -0.497 e. The molecule has 0 spiro atoms. The van der Waals surface area contributed by atoms with E-state index in [-0.39, 0.29) is 5.91 Å². The summed E-state index contributed by atoms with van der Waals surface area (Å²) >= 11 is 0. The Balaban J connectivity index is 1.92. The van der Waals surface area contributed by atoms with E-state index >= 15 is 0 Å². The molecular formula is C21H27NO4. The predicted octanol–water partition coefficient (Wildman–Crippen LogP) is 4.59. The van der Waals surface area contributed by atoms with Crippen LogP contribution in [0.25, 0.3) is 0 Å². The summed E-state index contributed by atoms with van der Waals surface area (Å²) in [6.07, 6.45) is 1.50. The SMILES string of the molecule is CCCCOc1ccc(NC(=O)C(C)Oc2ccc(OC)cc2)c(C)c1. The van der Waals surface area contributed by atoms with Crippen molar-refractivity contribution >= 4 is 11.6 Å². The van der Waals surface area contributed by atoms with Crippen LogP contribution < -0.4 is 19.5 Å². The molecule has 2 aromatic carbocycles. The molecule has 140 valence electrons. The Morgan fingerprint density at radius 1 is 1.08 bits per heavy atom. The second-order valence-electron chi connectivity index (χ2n) is 6.10. The van der Waals surface area contributed by atoms with Crippen LogP contribution in [0.2, 0.25) is 0 Å². The average Bonchev–Trinajstić information content (AvgIpc) is 2.64. The summed E-state index contributed by atoms with van der Waals surface area (Å²) in [7, 11) is 1.61. The van der Waals surface area contributed by atoms with Crippen LogP contribution >= 0.6 is 0 Å². The van der Waals surface area contributed by atoms with Gasteiger partial charge in [-0.25, -0.2) is 0 Å². The van der Waals surface area contributed by atoms with E-state index in [2.05, 4.69) is 12.2 Å². The summed E-state index contributed by atoms with van der Waals surface area (Å²) in [5, 5.41) is 2.90. The van der Waals surface area contributed by atoms with Gasteiger partial charge < -0.3 is 19.5 Å². The molecule has 5 nitrogen and oxygen atoms in total. The number of ether oxygens (including phenoxy) is 3. The summed E-state index contributed by atoms with van der Waals surface area (Å²) in [6.45, 7) is 6.49. The van der Waals surface area contributed by atoms with E-state index in [0.29, 0.717) is 12.4 Å². The highest BCUT2D eigenvalue weighted by atomic mass is 16.5. The zero-order chi connectivity index (χ0) is 18.9. The first-order valence-electron chi connectivity index (χ1n) is 8.88. The molecule has 0 radical (unpaired) electrons. The molecular weight excluding hydrogens is 330 g/mol. The lowest BCUT2D eigenvalue weighted by Gasteiger charge is -2.16. The summed E-state index contributed by atoms with van der Waals surface area (Å²) in [5.41, 5.74) is 1.70. The molecule has 2 aromatic rings. The summed E-state index contributed by atoms with van der Waals surface area (Å²) in [5.74, 6) is 1.97. The minimum atomic E-state index is -0.622. The van der Waals surface area contributed by atoms with E-state index in [1.165, 1.54) is 0 Å². The molecule has 1 unspecified atom stereocenters. The van der Waals surface area contributed by atoms with Gasteiger partial charge in [-0.05, 0) is 68.3 Å². The third-order valence-electron chi connectivity index (χ3n) is 3.96. The Morgan fingerprint density at radius 2 is 1.73 bits per heavy atom. The molecule has 26 heavy (non-hydrogen) atoms. The highest BCUT2D eigenvalue weighted by Gasteiger charge is 2.16. The molecule has 0 aromatic heterocycles. The Labute approximate surface area is 155 Å². The number of benzene rings is 2. The maximum atomic E-state index is 12.4. The molecule has 0 bridgehead atoms. The lowest BCUT2D eigenvalue weighted by molar-refractivity contribution is -0.122. The molecule has 0 saturated heterocycles. The van der Waals surface area contributed by atoms with Gasteiger partial charge in [-0.3, -0.25) is 4.79 Å². The maximum Gasteiger partial charge on any atom is 0.265 e. The first kappa shape index (κ1) is 19.6. The number of carbonyl (C=O) groups is 1. The zero-order valence-electron chi connectivity index (χ0n) is 15.9.